The van der Waals surface area contributed by atoms with Gasteiger partial charge in [-0.15, -0.1) is 0 Å². The summed E-state index contributed by atoms with van der Waals surface area (Å²) < 4.78 is 0. The number of nitrogens with zero attached hydrogens (tertiary/aromatic N) is 1. The largest absolute Gasteiger partial charge is 0.296 e. The molecular formula is C19H35NSi. The Morgan fingerprint density at radius 1 is 0.952 bits per heavy atom. The SMILES string of the molecule is CCC(CC)N(Cc1ccc([Si](C)(C)C)cc1)CC(C)C. The zero-order chi connectivity index (χ0) is 16.0. The third-order valence-electron chi connectivity index (χ3n) is 4.26. The smallest absolute Gasteiger partial charge is 0.0775 e. The number of rotatable bonds is 8. The van der Waals surface area contributed by atoms with Gasteiger partial charge in [0, 0.05) is 19.1 Å². The molecule has 0 bridgehead atoms. The van der Waals surface area contributed by atoms with Gasteiger partial charge in [-0.25, -0.2) is 0 Å². The van der Waals surface area contributed by atoms with Gasteiger partial charge in [0.05, 0.1) is 8.07 Å². The van der Waals surface area contributed by atoms with Crippen molar-refractivity contribution in [2.75, 3.05) is 6.54 Å². The Kier molecular flexibility index (Phi) is 7.15. The van der Waals surface area contributed by atoms with Gasteiger partial charge in [0.25, 0.3) is 0 Å². The predicted molar refractivity (Wildman–Crippen MR) is 99.0 cm³/mol. The van der Waals surface area contributed by atoms with Gasteiger partial charge in [-0.1, -0.05) is 76.8 Å². The van der Waals surface area contributed by atoms with Crippen LogP contribution in [0.2, 0.25) is 19.6 Å². The first-order valence-electron chi connectivity index (χ1n) is 8.61. The van der Waals surface area contributed by atoms with Gasteiger partial charge in [-0.2, -0.15) is 0 Å². The maximum atomic E-state index is 2.67. The van der Waals surface area contributed by atoms with Crippen LogP contribution in [0.1, 0.15) is 46.1 Å². The van der Waals surface area contributed by atoms with Crippen molar-refractivity contribution in [3.8, 4) is 0 Å². The van der Waals surface area contributed by atoms with E-state index in [0.29, 0.717) is 6.04 Å². The molecule has 1 aromatic rings. The molecule has 0 fully saturated rings. The molecule has 0 saturated heterocycles. The number of benzene rings is 1. The molecule has 0 heterocycles. The van der Waals surface area contributed by atoms with Crippen molar-refractivity contribution in [2.45, 2.75) is 72.8 Å². The van der Waals surface area contributed by atoms with E-state index in [0.717, 1.165) is 12.5 Å². The molecule has 1 nitrogen and oxygen atoms in total. The van der Waals surface area contributed by atoms with Gasteiger partial charge in [0.2, 0.25) is 0 Å². The number of hydrogen-bond acceptors (Lipinski definition) is 1. The molecule has 0 aliphatic rings. The Morgan fingerprint density at radius 2 is 1.48 bits per heavy atom. The first kappa shape index (κ1) is 18.4. The summed E-state index contributed by atoms with van der Waals surface area (Å²) in [5, 5.41) is 1.56. The topological polar surface area (TPSA) is 3.24 Å². The molecule has 2 heteroatoms. The molecule has 0 atom stereocenters. The quantitative estimate of drug-likeness (QED) is 0.619. The van der Waals surface area contributed by atoms with Gasteiger partial charge < -0.3 is 0 Å². The van der Waals surface area contributed by atoms with E-state index in [1.165, 1.54) is 24.9 Å². The fraction of sp³-hybridized carbons (Fsp3) is 0.684. The van der Waals surface area contributed by atoms with Gasteiger partial charge in [-0.05, 0) is 24.3 Å². The molecule has 0 saturated carbocycles. The lowest BCUT2D eigenvalue weighted by Gasteiger charge is -2.32. The molecule has 0 spiro atoms. The second-order valence-electron chi connectivity index (χ2n) is 7.74. The minimum atomic E-state index is -1.17. The fourth-order valence-electron chi connectivity index (χ4n) is 2.96. The second kappa shape index (κ2) is 8.14. The van der Waals surface area contributed by atoms with E-state index >= 15 is 0 Å². The molecule has 0 N–H and O–H groups in total. The molecule has 1 aromatic carbocycles. The Bertz CT molecular complexity index is 399. The highest BCUT2D eigenvalue weighted by atomic mass is 28.3. The third kappa shape index (κ3) is 5.96. The van der Waals surface area contributed by atoms with Crippen LogP contribution in [0, 0.1) is 5.92 Å². The van der Waals surface area contributed by atoms with Gasteiger partial charge in [0.15, 0.2) is 0 Å². The van der Waals surface area contributed by atoms with Crippen LogP contribution in [-0.2, 0) is 6.54 Å². The Balaban J connectivity index is 2.83. The van der Waals surface area contributed by atoms with Crippen molar-refractivity contribution in [1.29, 1.82) is 0 Å². The third-order valence-corrected chi connectivity index (χ3v) is 6.33. The average Bonchev–Trinajstić information content (AvgIpc) is 2.39. The van der Waals surface area contributed by atoms with Crippen LogP contribution < -0.4 is 5.19 Å². The molecule has 0 amide bonds. The molecule has 0 aromatic heterocycles. The highest BCUT2D eigenvalue weighted by Crippen LogP contribution is 2.16. The summed E-state index contributed by atoms with van der Waals surface area (Å²) in [4.78, 5) is 2.67. The summed E-state index contributed by atoms with van der Waals surface area (Å²) in [7, 11) is -1.17. The highest BCUT2D eigenvalue weighted by molar-refractivity contribution is 6.88. The highest BCUT2D eigenvalue weighted by Gasteiger charge is 2.18. The van der Waals surface area contributed by atoms with E-state index in [2.05, 4.69) is 76.5 Å². The molecule has 0 radical (unpaired) electrons. The minimum Gasteiger partial charge on any atom is -0.296 e. The molecule has 0 unspecified atom stereocenters. The molecule has 0 aliphatic carbocycles. The van der Waals surface area contributed by atoms with Crippen molar-refractivity contribution in [3.05, 3.63) is 29.8 Å². The Morgan fingerprint density at radius 3 is 1.86 bits per heavy atom. The van der Waals surface area contributed by atoms with Crippen LogP contribution in [0.25, 0.3) is 0 Å². The van der Waals surface area contributed by atoms with E-state index in [4.69, 9.17) is 0 Å². The Labute approximate surface area is 133 Å². The van der Waals surface area contributed by atoms with Crippen LogP contribution in [0.5, 0.6) is 0 Å². The normalized spacial score (nSPS) is 12.7. The summed E-state index contributed by atoms with van der Waals surface area (Å²) >= 11 is 0. The molecule has 21 heavy (non-hydrogen) atoms. The Hall–Kier alpha value is -0.603. The zero-order valence-corrected chi connectivity index (χ0v) is 16.2. The number of hydrogen-bond donors (Lipinski definition) is 0. The summed E-state index contributed by atoms with van der Waals surface area (Å²) in [6.45, 7) is 18.8. The summed E-state index contributed by atoms with van der Waals surface area (Å²) in [5.74, 6) is 0.729. The monoisotopic (exact) mass is 305 g/mol. The molecule has 0 aliphatic heterocycles. The molecule has 1 rings (SSSR count). The van der Waals surface area contributed by atoms with Crippen molar-refractivity contribution >= 4 is 13.3 Å². The molecule has 120 valence electrons. The van der Waals surface area contributed by atoms with Gasteiger partial charge >= 0.3 is 0 Å². The standard InChI is InChI=1S/C19H35NSi/c1-8-18(9-2)20(14-16(3)4)15-17-10-12-19(13-11-17)21(5,6)7/h10-13,16,18H,8-9,14-15H2,1-7H3. The lowest BCUT2D eigenvalue weighted by Crippen LogP contribution is -2.38. The van der Waals surface area contributed by atoms with E-state index in [-0.39, 0.29) is 0 Å². The molecular weight excluding hydrogens is 270 g/mol. The van der Waals surface area contributed by atoms with Crippen LogP contribution in [0.4, 0.5) is 0 Å². The first-order valence-corrected chi connectivity index (χ1v) is 12.1. The van der Waals surface area contributed by atoms with Crippen LogP contribution in [0.15, 0.2) is 24.3 Å². The zero-order valence-electron chi connectivity index (χ0n) is 15.2. The van der Waals surface area contributed by atoms with E-state index in [9.17, 15) is 0 Å². The van der Waals surface area contributed by atoms with E-state index < -0.39 is 8.07 Å². The first-order chi connectivity index (χ1) is 9.77. The van der Waals surface area contributed by atoms with Crippen molar-refractivity contribution in [1.82, 2.24) is 4.90 Å². The lowest BCUT2D eigenvalue weighted by atomic mass is 10.1. The summed E-state index contributed by atoms with van der Waals surface area (Å²) in [6.07, 6.45) is 2.49. The van der Waals surface area contributed by atoms with Crippen molar-refractivity contribution < 1.29 is 0 Å². The summed E-state index contributed by atoms with van der Waals surface area (Å²) in [5.41, 5.74) is 1.46. The van der Waals surface area contributed by atoms with Crippen LogP contribution >= 0.6 is 0 Å². The van der Waals surface area contributed by atoms with E-state index in [1.54, 1.807) is 5.19 Å². The fourth-order valence-corrected chi connectivity index (χ4v) is 4.13. The van der Waals surface area contributed by atoms with Crippen molar-refractivity contribution in [3.63, 3.8) is 0 Å². The maximum absolute atomic E-state index is 2.67. The lowest BCUT2D eigenvalue weighted by molar-refractivity contribution is 0.157. The van der Waals surface area contributed by atoms with Crippen molar-refractivity contribution in [2.24, 2.45) is 5.92 Å². The van der Waals surface area contributed by atoms with Crippen LogP contribution in [0.3, 0.4) is 0 Å². The second-order valence-corrected chi connectivity index (χ2v) is 12.8. The van der Waals surface area contributed by atoms with Crippen LogP contribution in [-0.4, -0.2) is 25.6 Å². The predicted octanol–water partition coefficient (Wildman–Crippen LogP) is 4.88. The summed E-state index contributed by atoms with van der Waals surface area (Å²) in [6, 6.07) is 10.1. The van der Waals surface area contributed by atoms with Gasteiger partial charge in [0.1, 0.15) is 0 Å². The minimum absolute atomic E-state index is 0.712. The van der Waals surface area contributed by atoms with E-state index in [1.807, 2.05) is 0 Å². The van der Waals surface area contributed by atoms with Gasteiger partial charge in [-0.3, -0.25) is 4.90 Å². The maximum Gasteiger partial charge on any atom is 0.0775 e. The average molecular weight is 306 g/mol.